The number of carbonyl (C=O) groups is 3. The van der Waals surface area contributed by atoms with E-state index in [1.54, 1.807) is 43.5 Å². The summed E-state index contributed by atoms with van der Waals surface area (Å²) < 4.78 is 5.34. The molecule has 0 heterocycles. The van der Waals surface area contributed by atoms with Gasteiger partial charge in [-0.15, -0.1) is 0 Å². The molecule has 1 aliphatic carbocycles. The predicted octanol–water partition coefficient (Wildman–Crippen LogP) is 3.08. The van der Waals surface area contributed by atoms with E-state index in [0.29, 0.717) is 23.2 Å². The third-order valence-corrected chi connectivity index (χ3v) is 6.11. The number of amidine groups is 1. The highest BCUT2D eigenvalue weighted by Gasteiger charge is 2.31. The second kappa shape index (κ2) is 12.9. The van der Waals surface area contributed by atoms with E-state index in [2.05, 4.69) is 16.7 Å². The van der Waals surface area contributed by atoms with Gasteiger partial charge in [0.15, 0.2) is 0 Å². The summed E-state index contributed by atoms with van der Waals surface area (Å²) >= 11 is 0. The van der Waals surface area contributed by atoms with Crippen molar-refractivity contribution in [2.45, 2.75) is 31.2 Å². The Bertz CT molecular complexity index is 1250. The largest absolute Gasteiger partial charge is 0.497 e. The van der Waals surface area contributed by atoms with E-state index < -0.39 is 11.8 Å². The number of nitrogen functional groups attached to an aromatic ring is 1. The number of rotatable bonds is 7. The van der Waals surface area contributed by atoms with Crippen molar-refractivity contribution in [1.29, 1.82) is 5.41 Å². The highest BCUT2D eigenvalue weighted by Crippen LogP contribution is 2.27. The van der Waals surface area contributed by atoms with E-state index in [4.69, 9.17) is 25.8 Å². The maximum Gasteiger partial charge on any atom is 0.290 e. The number of hydrogen-bond acceptors (Lipinski definition) is 5. The molecule has 2 amide bonds. The van der Waals surface area contributed by atoms with Crippen LogP contribution in [-0.2, 0) is 27.2 Å². The molecule has 1 unspecified atom stereocenters. The first-order valence-corrected chi connectivity index (χ1v) is 11.7. The lowest BCUT2D eigenvalue weighted by Crippen LogP contribution is -2.44. The summed E-state index contributed by atoms with van der Waals surface area (Å²) in [5.41, 5.74) is 9.63. The molecular formula is C28H30N4O5. The minimum atomic E-state index is -1.000. The average Bonchev–Trinajstić information content (AvgIpc) is 2.89. The molecule has 1 aliphatic rings. The predicted molar refractivity (Wildman–Crippen MR) is 141 cm³/mol. The molecule has 9 nitrogen and oxygen atoms in total. The molecule has 3 aromatic rings. The Kier molecular flexibility index (Phi) is 9.37. The Morgan fingerprint density at radius 1 is 1.05 bits per heavy atom. The van der Waals surface area contributed by atoms with Gasteiger partial charge in [0.1, 0.15) is 17.5 Å². The van der Waals surface area contributed by atoms with Crippen LogP contribution in [0.4, 0.5) is 5.69 Å². The molecule has 3 aromatic carbocycles. The summed E-state index contributed by atoms with van der Waals surface area (Å²) in [5, 5.41) is 20.3. The maximum atomic E-state index is 13.4. The summed E-state index contributed by atoms with van der Waals surface area (Å²) in [6, 6.07) is 21.7. The second-order valence-corrected chi connectivity index (χ2v) is 8.51. The number of carbonyl (C=O) groups excluding carboxylic acids is 2. The number of fused-ring (bicyclic) bond motifs is 1. The van der Waals surface area contributed by atoms with Gasteiger partial charge in [-0.25, -0.2) is 0 Å². The van der Waals surface area contributed by atoms with Gasteiger partial charge in [-0.1, -0.05) is 36.4 Å². The summed E-state index contributed by atoms with van der Waals surface area (Å²) in [7, 11) is 1.64. The Hall–Kier alpha value is -4.66. The lowest BCUT2D eigenvalue weighted by atomic mass is 9.87. The van der Waals surface area contributed by atoms with Crippen LogP contribution in [0.2, 0.25) is 0 Å². The van der Waals surface area contributed by atoms with Crippen molar-refractivity contribution in [1.82, 2.24) is 5.32 Å². The number of nitrogens with two attached hydrogens (primary N) is 1. The highest BCUT2D eigenvalue weighted by molar-refractivity contribution is 6.11. The molecule has 0 fully saturated rings. The van der Waals surface area contributed by atoms with Gasteiger partial charge in [0, 0.05) is 17.3 Å². The van der Waals surface area contributed by atoms with Crippen LogP contribution in [0.15, 0.2) is 72.8 Å². The van der Waals surface area contributed by atoms with E-state index >= 15 is 0 Å². The van der Waals surface area contributed by atoms with Gasteiger partial charge in [-0.3, -0.25) is 19.8 Å². The molecule has 0 aromatic heterocycles. The zero-order valence-electron chi connectivity index (χ0n) is 20.4. The number of anilines is 1. The number of benzene rings is 3. The Morgan fingerprint density at radius 3 is 2.35 bits per heavy atom. The normalized spacial score (nSPS) is 14.6. The van der Waals surface area contributed by atoms with E-state index in [1.165, 1.54) is 5.56 Å². The van der Waals surface area contributed by atoms with E-state index in [9.17, 15) is 9.59 Å². The number of nitrogens with one attached hydrogen (secondary N) is 3. The fourth-order valence-electron chi connectivity index (χ4n) is 4.28. The molecule has 192 valence electrons. The molecule has 0 saturated carbocycles. The third-order valence-electron chi connectivity index (χ3n) is 6.11. The van der Waals surface area contributed by atoms with Crippen molar-refractivity contribution in [2.24, 2.45) is 5.73 Å². The molecule has 4 rings (SSSR count). The molecular weight excluding hydrogens is 472 g/mol. The fraction of sp³-hybridized carbons (Fsp3) is 0.214. The van der Waals surface area contributed by atoms with E-state index in [0.717, 1.165) is 24.2 Å². The van der Waals surface area contributed by atoms with Crippen LogP contribution >= 0.6 is 0 Å². The van der Waals surface area contributed by atoms with Crippen molar-refractivity contribution in [3.05, 3.63) is 95.1 Å². The molecule has 6 N–H and O–H groups in total. The van der Waals surface area contributed by atoms with Crippen molar-refractivity contribution in [3.63, 3.8) is 0 Å². The molecule has 2 atom stereocenters. The van der Waals surface area contributed by atoms with Crippen molar-refractivity contribution < 1.29 is 24.2 Å². The van der Waals surface area contributed by atoms with Gasteiger partial charge in [0.2, 0.25) is 11.8 Å². The van der Waals surface area contributed by atoms with Gasteiger partial charge >= 0.3 is 0 Å². The van der Waals surface area contributed by atoms with Crippen LogP contribution in [0.1, 0.15) is 34.6 Å². The average molecular weight is 503 g/mol. The molecule has 0 saturated heterocycles. The van der Waals surface area contributed by atoms with Crippen molar-refractivity contribution in [2.75, 3.05) is 12.4 Å². The first kappa shape index (κ1) is 26.9. The molecule has 9 heteroatoms. The zero-order chi connectivity index (χ0) is 26.8. The van der Waals surface area contributed by atoms with Crippen LogP contribution in [0, 0.1) is 5.41 Å². The zero-order valence-corrected chi connectivity index (χ0v) is 20.4. The number of hydrogen-bond donors (Lipinski definition) is 5. The molecule has 37 heavy (non-hydrogen) atoms. The van der Waals surface area contributed by atoms with Crippen LogP contribution in [0.5, 0.6) is 5.75 Å². The molecule has 0 aliphatic heterocycles. The van der Waals surface area contributed by atoms with E-state index in [1.807, 2.05) is 30.3 Å². The minimum Gasteiger partial charge on any atom is -0.497 e. The maximum absolute atomic E-state index is 13.4. The third kappa shape index (κ3) is 7.17. The lowest BCUT2D eigenvalue weighted by molar-refractivity contribution is -0.129. The van der Waals surface area contributed by atoms with Crippen molar-refractivity contribution in [3.8, 4) is 5.75 Å². The number of amides is 2. The Labute approximate surface area is 215 Å². The van der Waals surface area contributed by atoms with Gasteiger partial charge in [-0.2, -0.15) is 0 Å². The standard InChI is InChI=1S/C27H28N4O3.CH2O2/c1-34-23-14-10-17-7-13-22(15-20(17)16-23)31-27(33)24(18-5-3-2-4-6-18)26(32)30-21-11-8-19(9-12-21)25(28)29;2-1-3/h2-6,8-12,14,16,22,24H,7,13,15H2,1H3,(H3,28,29)(H,30,32)(H,31,33);1H,(H,2,3)/t22-,24?;/m0./s1. The SMILES string of the molecule is COc1ccc2c(c1)C[C@@H](NC(=O)C(C(=O)Nc1ccc(C(=N)N)cc1)c1ccccc1)CC2.O=CO. The summed E-state index contributed by atoms with van der Waals surface area (Å²) in [4.78, 5) is 35.0. The first-order chi connectivity index (χ1) is 17.9. The fourth-order valence-corrected chi connectivity index (χ4v) is 4.28. The van der Waals surface area contributed by atoms with Gasteiger partial charge in [-0.05, 0) is 72.4 Å². The Morgan fingerprint density at radius 2 is 1.73 bits per heavy atom. The molecule has 0 spiro atoms. The number of carboxylic acid groups (broad SMARTS) is 1. The summed E-state index contributed by atoms with van der Waals surface area (Å²) in [5.74, 6) is -1.01. The summed E-state index contributed by atoms with van der Waals surface area (Å²) in [6.07, 6.45) is 2.35. The quantitative estimate of drug-likeness (QED) is 0.145. The lowest BCUT2D eigenvalue weighted by Gasteiger charge is -2.27. The monoisotopic (exact) mass is 502 g/mol. The van der Waals surface area contributed by atoms with Gasteiger partial charge < -0.3 is 26.2 Å². The number of methoxy groups -OCH3 is 1. The first-order valence-electron chi connectivity index (χ1n) is 11.7. The molecule has 0 bridgehead atoms. The van der Waals surface area contributed by atoms with Crippen LogP contribution in [-0.4, -0.2) is 42.4 Å². The minimum absolute atomic E-state index is 0.0499. The number of aryl methyl sites for hydroxylation is 1. The smallest absolute Gasteiger partial charge is 0.290 e. The highest BCUT2D eigenvalue weighted by atomic mass is 16.5. The number of ether oxygens (including phenoxy) is 1. The van der Waals surface area contributed by atoms with Crippen LogP contribution < -0.4 is 21.1 Å². The van der Waals surface area contributed by atoms with Gasteiger partial charge in [0.25, 0.3) is 6.47 Å². The van der Waals surface area contributed by atoms with E-state index in [-0.39, 0.29) is 24.3 Å². The Balaban J connectivity index is 0.00000121. The topological polar surface area (TPSA) is 155 Å². The molecule has 0 radical (unpaired) electrons. The van der Waals surface area contributed by atoms with Crippen LogP contribution in [0.3, 0.4) is 0 Å². The second-order valence-electron chi connectivity index (χ2n) is 8.51. The summed E-state index contributed by atoms with van der Waals surface area (Å²) in [6.45, 7) is -0.250. The van der Waals surface area contributed by atoms with Gasteiger partial charge in [0.05, 0.1) is 7.11 Å². The van der Waals surface area contributed by atoms with Crippen molar-refractivity contribution >= 4 is 29.8 Å². The van der Waals surface area contributed by atoms with Crippen LogP contribution in [0.25, 0.3) is 0 Å².